The highest BCUT2D eigenvalue weighted by Crippen LogP contribution is 2.41. The van der Waals surface area contributed by atoms with E-state index in [9.17, 15) is 0 Å². The molecule has 0 aromatic heterocycles. The largest absolute Gasteiger partial charge is 0.313 e. The van der Waals surface area contributed by atoms with Crippen molar-refractivity contribution in [2.45, 2.75) is 30.2 Å². The first-order valence-electron chi connectivity index (χ1n) is 7.48. The molecule has 2 aromatic rings. The van der Waals surface area contributed by atoms with Crippen LogP contribution >= 0.6 is 23.4 Å². The maximum absolute atomic E-state index is 6.34. The Balaban J connectivity index is 1.84. The summed E-state index contributed by atoms with van der Waals surface area (Å²) < 4.78 is 0. The molecule has 0 aliphatic carbocycles. The van der Waals surface area contributed by atoms with E-state index in [0.29, 0.717) is 12.0 Å². The van der Waals surface area contributed by atoms with Crippen molar-refractivity contribution in [1.29, 1.82) is 0 Å². The number of nitrogens with one attached hydrogen (secondary N) is 1. The topological polar surface area (TPSA) is 12.0 Å². The lowest BCUT2D eigenvalue weighted by molar-refractivity contribution is 0.463. The van der Waals surface area contributed by atoms with Gasteiger partial charge in [0.05, 0.1) is 0 Å². The summed E-state index contributed by atoms with van der Waals surface area (Å²) >= 11 is 8.31. The van der Waals surface area contributed by atoms with E-state index >= 15 is 0 Å². The van der Waals surface area contributed by atoms with Crippen LogP contribution < -0.4 is 5.32 Å². The minimum Gasteiger partial charge on any atom is -0.313 e. The summed E-state index contributed by atoms with van der Waals surface area (Å²) in [6, 6.07) is 17.4. The molecule has 2 unspecified atom stereocenters. The van der Waals surface area contributed by atoms with Crippen LogP contribution in [0.5, 0.6) is 0 Å². The second-order valence-corrected chi connectivity index (χ2v) is 6.88. The Labute approximate surface area is 136 Å². The highest BCUT2D eigenvalue weighted by molar-refractivity contribution is 7.99. The predicted octanol–water partition coefficient (Wildman–Crippen LogP) is 4.75. The zero-order chi connectivity index (χ0) is 14.7. The van der Waals surface area contributed by atoms with Crippen LogP contribution in [0, 0.1) is 0 Å². The molecule has 0 spiro atoms. The third-order valence-electron chi connectivity index (χ3n) is 4.09. The first kappa shape index (κ1) is 15.0. The van der Waals surface area contributed by atoms with Gasteiger partial charge in [-0.1, -0.05) is 54.9 Å². The molecular formula is C18H20ClNS. The van der Waals surface area contributed by atoms with Crippen molar-refractivity contribution in [2.24, 2.45) is 0 Å². The first-order valence-corrected chi connectivity index (χ1v) is 8.84. The lowest BCUT2D eigenvalue weighted by atomic mass is 9.89. The van der Waals surface area contributed by atoms with Gasteiger partial charge in [-0.3, -0.25) is 0 Å². The summed E-state index contributed by atoms with van der Waals surface area (Å²) in [4.78, 5) is 1.43. The second-order valence-electron chi connectivity index (χ2n) is 5.42. The average Bonchev–Trinajstić information content (AvgIpc) is 2.93. The fraction of sp³-hybridized carbons (Fsp3) is 0.333. The third kappa shape index (κ3) is 3.28. The van der Waals surface area contributed by atoms with Crippen LogP contribution in [0.2, 0.25) is 5.02 Å². The number of fused-ring (bicyclic) bond motifs is 1. The van der Waals surface area contributed by atoms with Gasteiger partial charge in [-0.2, -0.15) is 0 Å². The van der Waals surface area contributed by atoms with Crippen molar-refractivity contribution < 1.29 is 0 Å². The summed E-state index contributed by atoms with van der Waals surface area (Å²) in [7, 11) is 0. The number of halogens is 1. The van der Waals surface area contributed by atoms with E-state index in [1.165, 1.54) is 16.0 Å². The Bertz CT molecular complexity index is 614. The van der Waals surface area contributed by atoms with Gasteiger partial charge in [-0.15, -0.1) is 11.8 Å². The molecule has 3 heteroatoms. The maximum atomic E-state index is 6.34. The van der Waals surface area contributed by atoms with Crippen molar-refractivity contribution in [1.82, 2.24) is 5.32 Å². The molecule has 110 valence electrons. The van der Waals surface area contributed by atoms with Crippen LogP contribution in [0.4, 0.5) is 0 Å². The Kier molecular flexibility index (Phi) is 4.89. The Morgan fingerprint density at radius 3 is 2.76 bits per heavy atom. The lowest BCUT2D eigenvalue weighted by Gasteiger charge is -2.25. The fourth-order valence-electron chi connectivity index (χ4n) is 3.04. The highest BCUT2D eigenvalue weighted by atomic mass is 35.5. The predicted molar refractivity (Wildman–Crippen MR) is 92.5 cm³/mol. The molecule has 1 aliphatic rings. The number of thioether (sulfide) groups is 1. The van der Waals surface area contributed by atoms with Gasteiger partial charge in [0.15, 0.2) is 0 Å². The van der Waals surface area contributed by atoms with Crippen molar-refractivity contribution >= 4 is 23.4 Å². The van der Waals surface area contributed by atoms with Gasteiger partial charge < -0.3 is 5.32 Å². The third-order valence-corrected chi connectivity index (χ3v) is 5.66. The van der Waals surface area contributed by atoms with E-state index in [2.05, 4.69) is 48.6 Å². The van der Waals surface area contributed by atoms with Gasteiger partial charge in [-0.25, -0.2) is 0 Å². The van der Waals surface area contributed by atoms with Gasteiger partial charge in [0.2, 0.25) is 0 Å². The van der Waals surface area contributed by atoms with Crippen molar-refractivity contribution in [3.63, 3.8) is 0 Å². The monoisotopic (exact) mass is 317 g/mol. The molecule has 2 atom stereocenters. The second kappa shape index (κ2) is 6.87. The number of rotatable bonds is 5. The van der Waals surface area contributed by atoms with E-state index in [4.69, 9.17) is 11.6 Å². The highest BCUT2D eigenvalue weighted by Gasteiger charge is 2.30. The van der Waals surface area contributed by atoms with Crippen LogP contribution in [-0.2, 0) is 6.42 Å². The van der Waals surface area contributed by atoms with Crippen molar-refractivity contribution in [3.05, 3.63) is 64.7 Å². The molecule has 0 radical (unpaired) electrons. The van der Waals surface area contributed by atoms with E-state index in [0.717, 1.165) is 23.7 Å². The van der Waals surface area contributed by atoms with Gasteiger partial charge in [0.1, 0.15) is 0 Å². The zero-order valence-electron chi connectivity index (χ0n) is 12.2. The lowest BCUT2D eigenvalue weighted by Crippen LogP contribution is -2.37. The van der Waals surface area contributed by atoms with Gasteiger partial charge in [0, 0.05) is 27.6 Å². The minimum atomic E-state index is 0.436. The van der Waals surface area contributed by atoms with Crippen molar-refractivity contribution in [3.8, 4) is 0 Å². The summed E-state index contributed by atoms with van der Waals surface area (Å²) in [5, 5.41) is 4.54. The molecule has 0 amide bonds. The van der Waals surface area contributed by atoms with Gasteiger partial charge in [0.25, 0.3) is 0 Å². The molecule has 1 aliphatic heterocycles. The van der Waals surface area contributed by atoms with E-state index in [1.54, 1.807) is 0 Å². The maximum Gasteiger partial charge on any atom is 0.0438 e. The number of likely N-dealkylation sites (N-methyl/N-ethyl adjacent to an activating group) is 1. The van der Waals surface area contributed by atoms with Crippen LogP contribution in [-0.4, -0.2) is 18.3 Å². The van der Waals surface area contributed by atoms with Crippen LogP contribution in [0.3, 0.4) is 0 Å². The number of benzene rings is 2. The molecule has 2 aromatic carbocycles. The number of hydrogen-bond acceptors (Lipinski definition) is 2. The van der Waals surface area contributed by atoms with Gasteiger partial charge in [-0.05, 0) is 36.2 Å². The first-order chi connectivity index (χ1) is 10.3. The Morgan fingerprint density at radius 1 is 1.19 bits per heavy atom. The SMILES string of the molecule is CCNC(Cc1ccccc1Cl)C1CSc2ccccc21. The summed E-state index contributed by atoms with van der Waals surface area (Å²) in [5.74, 6) is 1.71. The molecule has 0 fully saturated rings. The number of hydrogen-bond donors (Lipinski definition) is 1. The quantitative estimate of drug-likeness (QED) is 0.854. The zero-order valence-corrected chi connectivity index (χ0v) is 13.8. The van der Waals surface area contributed by atoms with Crippen LogP contribution in [0.15, 0.2) is 53.4 Å². The molecule has 0 saturated carbocycles. The summed E-state index contributed by atoms with van der Waals surface area (Å²) in [5.41, 5.74) is 2.72. The van der Waals surface area contributed by atoms with Gasteiger partial charge >= 0.3 is 0 Å². The molecule has 21 heavy (non-hydrogen) atoms. The minimum absolute atomic E-state index is 0.436. The molecule has 1 nitrogen and oxygen atoms in total. The van der Waals surface area contributed by atoms with Crippen molar-refractivity contribution in [2.75, 3.05) is 12.3 Å². The standard InChI is InChI=1S/C18H20ClNS/c1-2-20-17(11-13-7-3-5-9-16(13)19)15-12-21-18-10-6-4-8-14(15)18/h3-10,15,17,20H,2,11-12H2,1H3. The molecule has 0 bridgehead atoms. The fourth-order valence-corrected chi connectivity index (χ4v) is 4.59. The molecule has 0 saturated heterocycles. The summed E-state index contributed by atoms with van der Waals surface area (Å²) in [6.07, 6.45) is 0.979. The Morgan fingerprint density at radius 2 is 1.95 bits per heavy atom. The van der Waals surface area contributed by atoms with E-state index < -0.39 is 0 Å². The summed E-state index contributed by atoms with van der Waals surface area (Å²) in [6.45, 7) is 3.16. The normalized spacial score (nSPS) is 18.5. The smallest absolute Gasteiger partial charge is 0.0438 e. The molecular weight excluding hydrogens is 298 g/mol. The van der Waals surface area contributed by atoms with Crippen LogP contribution in [0.1, 0.15) is 24.0 Å². The van der Waals surface area contributed by atoms with E-state index in [1.807, 2.05) is 23.9 Å². The van der Waals surface area contributed by atoms with E-state index in [-0.39, 0.29) is 0 Å². The van der Waals surface area contributed by atoms with Crippen LogP contribution in [0.25, 0.3) is 0 Å². The molecule has 1 N–H and O–H groups in total. The molecule has 1 heterocycles. The Hall–Kier alpha value is -0.960. The average molecular weight is 318 g/mol. The molecule has 3 rings (SSSR count).